The van der Waals surface area contributed by atoms with Crippen molar-refractivity contribution in [2.24, 2.45) is 7.05 Å². The summed E-state index contributed by atoms with van der Waals surface area (Å²) in [6.45, 7) is 0.203. The van der Waals surface area contributed by atoms with Crippen LogP contribution >= 0.6 is 0 Å². The van der Waals surface area contributed by atoms with Crippen LogP contribution in [-0.2, 0) is 13.2 Å². The molecule has 132 valence electrons. The van der Waals surface area contributed by atoms with Crippen molar-refractivity contribution in [3.8, 4) is 11.5 Å². The van der Waals surface area contributed by atoms with Crippen molar-refractivity contribution in [1.82, 2.24) is 0 Å². The maximum Gasteiger partial charge on any atom is 0.416 e. The molecule has 1 aliphatic rings. The summed E-state index contributed by atoms with van der Waals surface area (Å²) in [5.41, 5.74) is 0.953. The van der Waals surface area contributed by atoms with Crippen LogP contribution in [0.2, 0.25) is 0 Å². The Morgan fingerprint density at radius 1 is 0.962 bits per heavy atom. The summed E-state index contributed by atoms with van der Waals surface area (Å²) in [7, 11) is 1.91. The van der Waals surface area contributed by atoms with E-state index in [9.17, 15) is 13.2 Å². The van der Waals surface area contributed by atoms with E-state index in [2.05, 4.69) is 0 Å². The maximum atomic E-state index is 12.7. The third-order valence-corrected chi connectivity index (χ3v) is 4.35. The second kappa shape index (κ2) is 6.05. The number of halogens is 3. The SMILES string of the molecule is C[n+]1ccc2cc3c(cc2c1C=Cc1ccc(C(F)(F)F)cc1)OCO3. The van der Waals surface area contributed by atoms with Crippen LogP contribution < -0.4 is 14.0 Å². The number of hydrogen-bond donors (Lipinski definition) is 0. The monoisotopic (exact) mass is 358 g/mol. The molecule has 0 bridgehead atoms. The van der Waals surface area contributed by atoms with E-state index in [-0.39, 0.29) is 6.79 Å². The average Bonchev–Trinajstić information content (AvgIpc) is 3.06. The molecular formula is C20H15F3NO2+. The first-order valence-electron chi connectivity index (χ1n) is 7.99. The van der Waals surface area contributed by atoms with Crippen LogP contribution in [0.3, 0.4) is 0 Å². The summed E-state index contributed by atoms with van der Waals surface area (Å²) in [5, 5.41) is 1.97. The van der Waals surface area contributed by atoms with Crippen molar-refractivity contribution in [3.05, 3.63) is 65.5 Å². The van der Waals surface area contributed by atoms with Crippen LogP contribution in [0.15, 0.2) is 48.7 Å². The fourth-order valence-electron chi connectivity index (χ4n) is 2.95. The molecule has 0 saturated heterocycles. The van der Waals surface area contributed by atoms with Crippen LogP contribution in [0.4, 0.5) is 13.2 Å². The standard InChI is InChI=1S/C20H15F3NO2/c1-24-9-8-14-10-18-19(26-12-25-18)11-16(14)17(24)7-4-13-2-5-15(6-3-13)20(21,22)23/h2-11H,12H2,1H3/q+1. The molecule has 0 amide bonds. The van der Waals surface area contributed by atoms with Gasteiger partial charge in [-0.05, 0) is 41.3 Å². The third kappa shape index (κ3) is 2.98. The molecule has 3 nitrogen and oxygen atoms in total. The first kappa shape index (κ1) is 16.4. The molecule has 2 heterocycles. The summed E-state index contributed by atoms with van der Waals surface area (Å²) in [5.74, 6) is 1.40. The number of aryl methyl sites for hydroxylation is 1. The van der Waals surface area contributed by atoms with Gasteiger partial charge in [0.25, 0.3) is 0 Å². The quantitative estimate of drug-likeness (QED) is 0.626. The van der Waals surface area contributed by atoms with E-state index >= 15 is 0 Å². The van der Waals surface area contributed by atoms with E-state index in [0.29, 0.717) is 17.1 Å². The van der Waals surface area contributed by atoms with E-state index < -0.39 is 11.7 Å². The Hall–Kier alpha value is -3.02. The fraction of sp³-hybridized carbons (Fsp3) is 0.150. The predicted octanol–water partition coefficient (Wildman–Crippen LogP) is 4.58. The highest BCUT2D eigenvalue weighted by atomic mass is 19.4. The highest BCUT2D eigenvalue weighted by Crippen LogP contribution is 2.36. The smallest absolute Gasteiger partial charge is 0.416 e. The molecule has 2 aromatic carbocycles. The van der Waals surface area contributed by atoms with Gasteiger partial charge in [-0.15, -0.1) is 0 Å². The van der Waals surface area contributed by atoms with E-state index in [1.54, 1.807) is 6.08 Å². The molecule has 4 rings (SSSR count). The number of benzene rings is 2. The van der Waals surface area contributed by atoms with Crippen molar-refractivity contribution in [2.75, 3.05) is 6.79 Å². The molecule has 1 aliphatic heterocycles. The lowest BCUT2D eigenvalue weighted by Gasteiger charge is -2.06. The van der Waals surface area contributed by atoms with Crippen LogP contribution in [0.1, 0.15) is 16.8 Å². The number of aromatic nitrogens is 1. The van der Waals surface area contributed by atoms with E-state index in [1.807, 2.05) is 42.1 Å². The van der Waals surface area contributed by atoms with E-state index in [0.717, 1.165) is 28.6 Å². The number of pyridine rings is 1. The summed E-state index contributed by atoms with van der Waals surface area (Å²) in [4.78, 5) is 0. The second-order valence-electron chi connectivity index (χ2n) is 6.06. The van der Waals surface area contributed by atoms with Crippen LogP contribution in [0.25, 0.3) is 22.9 Å². The van der Waals surface area contributed by atoms with Gasteiger partial charge >= 0.3 is 6.18 Å². The van der Waals surface area contributed by atoms with Crippen molar-refractivity contribution in [3.63, 3.8) is 0 Å². The van der Waals surface area contributed by atoms with Gasteiger partial charge in [0.1, 0.15) is 7.05 Å². The summed E-state index contributed by atoms with van der Waals surface area (Å²) in [6, 6.07) is 10.9. The van der Waals surface area contributed by atoms with E-state index in [1.165, 1.54) is 12.1 Å². The van der Waals surface area contributed by atoms with Gasteiger partial charge in [0, 0.05) is 12.1 Å². The predicted molar refractivity (Wildman–Crippen MR) is 91.6 cm³/mol. The maximum absolute atomic E-state index is 12.7. The molecular weight excluding hydrogens is 343 g/mol. The van der Waals surface area contributed by atoms with Crippen LogP contribution in [0, 0.1) is 0 Å². The number of fused-ring (bicyclic) bond motifs is 2. The zero-order valence-corrected chi connectivity index (χ0v) is 13.9. The molecule has 0 fully saturated rings. The Labute approximate surface area is 147 Å². The van der Waals surface area contributed by atoms with Gasteiger partial charge < -0.3 is 9.47 Å². The van der Waals surface area contributed by atoms with Gasteiger partial charge in [-0.1, -0.05) is 12.1 Å². The number of hydrogen-bond acceptors (Lipinski definition) is 2. The summed E-state index contributed by atoms with van der Waals surface area (Å²) < 4.78 is 50.8. The molecule has 26 heavy (non-hydrogen) atoms. The van der Waals surface area contributed by atoms with Crippen molar-refractivity contribution >= 4 is 22.9 Å². The van der Waals surface area contributed by atoms with Gasteiger partial charge in [-0.3, -0.25) is 0 Å². The molecule has 0 saturated carbocycles. The lowest BCUT2D eigenvalue weighted by atomic mass is 10.1. The van der Waals surface area contributed by atoms with Gasteiger partial charge in [0.2, 0.25) is 12.5 Å². The summed E-state index contributed by atoms with van der Waals surface area (Å²) >= 11 is 0. The van der Waals surface area contributed by atoms with Crippen LogP contribution in [-0.4, -0.2) is 6.79 Å². The zero-order valence-electron chi connectivity index (χ0n) is 13.9. The Balaban J connectivity index is 1.72. The zero-order chi connectivity index (χ0) is 18.3. The number of alkyl halides is 3. The van der Waals surface area contributed by atoms with E-state index in [4.69, 9.17) is 9.47 Å². The molecule has 0 spiro atoms. The first-order valence-corrected chi connectivity index (χ1v) is 7.99. The second-order valence-corrected chi connectivity index (χ2v) is 6.06. The lowest BCUT2D eigenvalue weighted by Crippen LogP contribution is -2.31. The largest absolute Gasteiger partial charge is 0.454 e. The van der Waals surface area contributed by atoms with Crippen molar-refractivity contribution in [1.29, 1.82) is 0 Å². The molecule has 0 N–H and O–H groups in total. The van der Waals surface area contributed by atoms with Gasteiger partial charge in [0.05, 0.1) is 10.9 Å². The first-order chi connectivity index (χ1) is 12.4. The van der Waals surface area contributed by atoms with Crippen LogP contribution in [0.5, 0.6) is 11.5 Å². The van der Waals surface area contributed by atoms with Gasteiger partial charge in [-0.2, -0.15) is 13.2 Å². The van der Waals surface area contributed by atoms with Gasteiger partial charge in [-0.25, -0.2) is 4.57 Å². The highest BCUT2D eigenvalue weighted by Gasteiger charge is 2.29. The highest BCUT2D eigenvalue weighted by molar-refractivity contribution is 5.92. The average molecular weight is 358 g/mol. The Kier molecular flexibility index (Phi) is 3.83. The normalized spacial score (nSPS) is 13.7. The van der Waals surface area contributed by atoms with Gasteiger partial charge in [0.15, 0.2) is 17.7 Å². The minimum atomic E-state index is -4.33. The summed E-state index contributed by atoms with van der Waals surface area (Å²) in [6.07, 6.45) is 1.27. The fourth-order valence-corrected chi connectivity index (χ4v) is 2.95. The lowest BCUT2D eigenvalue weighted by molar-refractivity contribution is -0.671. The third-order valence-electron chi connectivity index (χ3n) is 4.35. The number of nitrogens with zero attached hydrogens (tertiary/aromatic N) is 1. The molecule has 0 atom stereocenters. The molecule has 0 radical (unpaired) electrons. The Bertz CT molecular complexity index is 1010. The topological polar surface area (TPSA) is 22.3 Å². The minimum Gasteiger partial charge on any atom is -0.454 e. The number of rotatable bonds is 2. The number of ether oxygens (including phenoxy) is 2. The molecule has 6 heteroatoms. The molecule has 1 aromatic heterocycles. The Morgan fingerprint density at radius 3 is 2.35 bits per heavy atom. The molecule has 0 unspecified atom stereocenters. The molecule has 0 aliphatic carbocycles. The molecule has 3 aromatic rings. The Morgan fingerprint density at radius 2 is 1.65 bits per heavy atom. The minimum absolute atomic E-state index is 0.203. The van der Waals surface area contributed by atoms with Crippen molar-refractivity contribution < 1.29 is 27.2 Å². The van der Waals surface area contributed by atoms with Crippen molar-refractivity contribution in [2.45, 2.75) is 6.18 Å².